The van der Waals surface area contributed by atoms with E-state index in [-0.39, 0.29) is 11.8 Å². The van der Waals surface area contributed by atoms with Gasteiger partial charge in [0.15, 0.2) is 0 Å². The van der Waals surface area contributed by atoms with Crippen LogP contribution in [-0.2, 0) is 6.54 Å². The van der Waals surface area contributed by atoms with E-state index in [1.165, 1.54) is 6.20 Å². The molecule has 7 nitrogen and oxygen atoms in total. The predicted octanol–water partition coefficient (Wildman–Crippen LogP) is 1.38. The second-order valence-corrected chi connectivity index (χ2v) is 5.92. The molecule has 0 aliphatic carbocycles. The second-order valence-electron chi connectivity index (χ2n) is 5.92. The Morgan fingerprint density at radius 3 is 2.72 bits per heavy atom. The normalized spacial score (nSPS) is 15.2. The fraction of sp³-hybridized carbons (Fsp3) is 0.389. The van der Waals surface area contributed by atoms with Crippen molar-refractivity contribution in [2.24, 2.45) is 0 Å². The van der Waals surface area contributed by atoms with E-state index in [0.717, 1.165) is 19.6 Å². The van der Waals surface area contributed by atoms with Crippen LogP contribution >= 0.6 is 0 Å². The summed E-state index contributed by atoms with van der Waals surface area (Å²) in [4.78, 5) is 33.1. The minimum absolute atomic E-state index is 0.128. The Labute approximate surface area is 146 Å². The van der Waals surface area contributed by atoms with Crippen LogP contribution in [0.15, 0.2) is 41.1 Å². The van der Waals surface area contributed by atoms with Crippen molar-refractivity contribution in [2.75, 3.05) is 32.7 Å². The highest BCUT2D eigenvalue weighted by molar-refractivity contribution is 5.98. The largest absolute Gasteiger partial charge is 0.467 e. The minimum Gasteiger partial charge on any atom is -0.467 e. The second kappa shape index (κ2) is 7.94. The number of amides is 2. The average molecular weight is 342 g/mol. The number of piperazine rings is 1. The third-order valence-corrected chi connectivity index (χ3v) is 4.35. The number of hydrogen-bond acceptors (Lipinski definition) is 5. The third-order valence-electron chi connectivity index (χ3n) is 4.35. The Kier molecular flexibility index (Phi) is 5.45. The van der Waals surface area contributed by atoms with Crippen LogP contribution in [0.5, 0.6) is 0 Å². The van der Waals surface area contributed by atoms with Gasteiger partial charge in [0.05, 0.1) is 12.8 Å². The molecule has 1 fully saturated rings. The number of hydrogen-bond donors (Lipinski definition) is 1. The fourth-order valence-corrected chi connectivity index (χ4v) is 2.80. The molecule has 2 aromatic rings. The van der Waals surface area contributed by atoms with E-state index in [0.29, 0.717) is 36.7 Å². The highest BCUT2D eigenvalue weighted by Gasteiger charge is 2.22. The molecule has 132 valence electrons. The van der Waals surface area contributed by atoms with E-state index in [4.69, 9.17) is 4.42 Å². The Bertz CT molecular complexity index is 722. The zero-order valence-corrected chi connectivity index (χ0v) is 14.3. The fourth-order valence-electron chi connectivity index (χ4n) is 2.80. The maximum absolute atomic E-state index is 12.6. The van der Waals surface area contributed by atoms with Crippen LogP contribution in [0.3, 0.4) is 0 Å². The third kappa shape index (κ3) is 4.24. The maximum Gasteiger partial charge on any atom is 0.272 e. The molecule has 0 radical (unpaired) electrons. The number of aromatic nitrogens is 1. The zero-order chi connectivity index (χ0) is 17.6. The Balaban J connectivity index is 1.62. The van der Waals surface area contributed by atoms with Gasteiger partial charge in [0.25, 0.3) is 11.8 Å². The molecule has 3 heterocycles. The van der Waals surface area contributed by atoms with Crippen molar-refractivity contribution in [1.29, 1.82) is 0 Å². The molecule has 1 N–H and O–H groups in total. The lowest BCUT2D eigenvalue weighted by Gasteiger charge is -2.33. The highest BCUT2D eigenvalue weighted by Crippen LogP contribution is 2.09. The minimum atomic E-state index is -0.261. The van der Waals surface area contributed by atoms with Crippen LogP contribution in [-0.4, -0.2) is 59.3 Å². The van der Waals surface area contributed by atoms with Gasteiger partial charge in [-0.3, -0.25) is 14.6 Å². The van der Waals surface area contributed by atoms with Crippen molar-refractivity contribution in [3.63, 3.8) is 0 Å². The molecule has 0 spiro atoms. The van der Waals surface area contributed by atoms with Crippen molar-refractivity contribution >= 4 is 11.8 Å². The molecule has 25 heavy (non-hydrogen) atoms. The Morgan fingerprint density at radius 2 is 2.04 bits per heavy atom. The SMILES string of the molecule is CCN1CCN(C(=O)c2cc(C(=O)NCc3ccco3)ccn2)CC1. The molecular weight excluding hydrogens is 320 g/mol. The molecule has 0 bridgehead atoms. The number of likely N-dealkylation sites (N-methyl/N-ethyl adjacent to an activating group) is 1. The monoisotopic (exact) mass is 342 g/mol. The Morgan fingerprint density at radius 1 is 1.24 bits per heavy atom. The first-order chi connectivity index (χ1) is 12.2. The van der Waals surface area contributed by atoms with Gasteiger partial charge in [-0.25, -0.2) is 0 Å². The van der Waals surface area contributed by atoms with Crippen LogP contribution in [0.2, 0.25) is 0 Å². The molecule has 2 aromatic heterocycles. The van der Waals surface area contributed by atoms with E-state index in [9.17, 15) is 9.59 Å². The number of nitrogens with one attached hydrogen (secondary N) is 1. The zero-order valence-electron chi connectivity index (χ0n) is 14.3. The molecule has 3 rings (SSSR count). The number of furan rings is 1. The lowest BCUT2D eigenvalue weighted by Crippen LogP contribution is -2.48. The molecule has 0 aromatic carbocycles. The highest BCUT2D eigenvalue weighted by atomic mass is 16.3. The van der Waals surface area contributed by atoms with Gasteiger partial charge in [-0.2, -0.15) is 0 Å². The molecular formula is C18H22N4O3. The van der Waals surface area contributed by atoms with Crippen molar-refractivity contribution in [2.45, 2.75) is 13.5 Å². The van der Waals surface area contributed by atoms with Gasteiger partial charge in [0, 0.05) is 37.9 Å². The first kappa shape index (κ1) is 17.2. The number of pyridine rings is 1. The van der Waals surface area contributed by atoms with E-state index in [2.05, 4.69) is 22.1 Å². The number of nitrogens with zero attached hydrogens (tertiary/aromatic N) is 3. The summed E-state index contributed by atoms with van der Waals surface area (Å²) in [6, 6.07) is 6.70. The lowest BCUT2D eigenvalue weighted by molar-refractivity contribution is 0.0637. The molecule has 0 unspecified atom stereocenters. The van der Waals surface area contributed by atoms with Crippen molar-refractivity contribution < 1.29 is 14.0 Å². The summed E-state index contributed by atoms with van der Waals surface area (Å²) in [5, 5.41) is 2.77. The average Bonchev–Trinajstić information content (AvgIpc) is 3.19. The predicted molar refractivity (Wildman–Crippen MR) is 92.1 cm³/mol. The molecule has 1 aliphatic rings. The van der Waals surface area contributed by atoms with Gasteiger partial charge in [-0.05, 0) is 30.8 Å². The van der Waals surface area contributed by atoms with E-state index >= 15 is 0 Å². The van der Waals surface area contributed by atoms with Crippen LogP contribution in [0, 0.1) is 0 Å². The number of rotatable bonds is 5. The van der Waals surface area contributed by atoms with Gasteiger partial charge in [0.1, 0.15) is 11.5 Å². The smallest absolute Gasteiger partial charge is 0.272 e. The summed E-state index contributed by atoms with van der Waals surface area (Å²) >= 11 is 0. The molecule has 0 atom stereocenters. The summed E-state index contributed by atoms with van der Waals surface area (Å²) in [5.41, 5.74) is 0.715. The summed E-state index contributed by atoms with van der Waals surface area (Å²) in [6.07, 6.45) is 3.06. The summed E-state index contributed by atoms with van der Waals surface area (Å²) < 4.78 is 5.19. The van der Waals surface area contributed by atoms with Crippen LogP contribution in [0.4, 0.5) is 0 Å². The summed E-state index contributed by atoms with van der Waals surface area (Å²) in [7, 11) is 0. The van der Waals surface area contributed by atoms with Gasteiger partial charge >= 0.3 is 0 Å². The molecule has 1 saturated heterocycles. The van der Waals surface area contributed by atoms with Gasteiger partial charge in [-0.15, -0.1) is 0 Å². The first-order valence-electron chi connectivity index (χ1n) is 8.45. The van der Waals surface area contributed by atoms with E-state index < -0.39 is 0 Å². The van der Waals surface area contributed by atoms with Crippen LogP contribution in [0.25, 0.3) is 0 Å². The lowest BCUT2D eigenvalue weighted by atomic mass is 10.2. The van der Waals surface area contributed by atoms with E-state index in [1.807, 2.05) is 0 Å². The van der Waals surface area contributed by atoms with Gasteiger partial charge in [0.2, 0.25) is 0 Å². The van der Waals surface area contributed by atoms with Crippen LogP contribution < -0.4 is 5.32 Å². The van der Waals surface area contributed by atoms with Gasteiger partial charge in [-0.1, -0.05) is 6.92 Å². The molecule has 2 amide bonds. The topological polar surface area (TPSA) is 78.7 Å². The quantitative estimate of drug-likeness (QED) is 0.888. The summed E-state index contributed by atoms with van der Waals surface area (Å²) in [6.45, 7) is 6.51. The van der Waals surface area contributed by atoms with Crippen molar-refractivity contribution in [3.05, 3.63) is 53.7 Å². The molecule has 7 heteroatoms. The molecule has 0 saturated carbocycles. The maximum atomic E-state index is 12.6. The van der Waals surface area contributed by atoms with Crippen molar-refractivity contribution in [1.82, 2.24) is 20.1 Å². The van der Waals surface area contributed by atoms with Gasteiger partial charge < -0.3 is 19.5 Å². The van der Waals surface area contributed by atoms with E-state index in [1.54, 1.807) is 35.4 Å². The number of carbonyl (C=O) groups is 2. The Hall–Kier alpha value is -2.67. The number of carbonyl (C=O) groups excluding carboxylic acids is 2. The van der Waals surface area contributed by atoms with Crippen molar-refractivity contribution in [3.8, 4) is 0 Å². The van der Waals surface area contributed by atoms with Crippen LogP contribution in [0.1, 0.15) is 33.5 Å². The first-order valence-corrected chi connectivity index (χ1v) is 8.45. The molecule has 1 aliphatic heterocycles. The summed E-state index contributed by atoms with van der Waals surface area (Å²) in [5.74, 6) is 0.285. The standard InChI is InChI=1S/C18H22N4O3/c1-2-21-7-9-22(10-8-21)18(24)16-12-14(5-6-19-16)17(23)20-13-15-4-3-11-25-15/h3-6,11-12H,2,7-10,13H2,1H3,(H,20,23).